The minimum Gasteiger partial charge on any atom is -0.383 e. The van der Waals surface area contributed by atoms with Crippen LogP contribution in [0, 0.1) is 5.92 Å². The zero-order valence-corrected chi connectivity index (χ0v) is 16.1. The van der Waals surface area contributed by atoms with Gasteiger partial charge in [-0.2, -0.15) is 0 Å². The van der Waals surface area contributed by atoms with Crippen LogP contribution >= 0.6 is 0 Å². The van der Waals surface area contributed by atoms with Gasteiger partial charge >= 0.3 is 0 Å². The molecule has 0 spiro atoms. The predicted molar refractivity (Wildman–Crippen MR) is 101 cm³/mol. The lowest BCUT2D eigenvalue weighted by Gasteiger charge is -2.32. The van der Waals surface area contributed by atoms with Gasteiger partial charge in [-0.3, -0.25) is 9.79 Å². The molecule has 25 heavy (non-hydrogen) atoms. The maximum Gasteiger partial charge on any atom is 0.222 e. The third kappa shape index (κ3) is 6.47. The van der Waals surface area contributed by atoms with Crippen molar-refractivity contribution in [1.82, 2.24) is 20.4 Å². The van der Waals surface area contributed by atoms with Crippen LogP contribution in [0.2, 0.25) is 0 Å². The predicted octanol–water partition coefficient (Wildman–Crippen LogP) is 0.521. The van der Waals surface area contributed by atoms with E-state index in [2.05, 4.69) is 20.5 Å². The maximum absolute atomic E-state index is 11.8. The highest BCUT2D eigenvalue weighted by atomic mass is 16.5. The van der Waals surface area contributed by atoms with Gasteiger partial charge in [-0.15, -0.1) is 0 Å². The number of nitrogens with one attached hydrogen (secondary N) is 2. The lowest BCUT2D eigenvalue weighted by atomic mass is 9.97. The number of aliphatic imine (C=N–C) groups is 1. The van der Waals surface area contributed by atoms with Gasteiger partial charge in [0.05, 0.1) is 6.61 Å². The number of rotatable bonds is 7. The number of amides is 1. The van der Waals surface area contributed by atoms with E-state index in [9.17, 15) is 4.79 Å². The first kappa shape index (κ1) is 20.0. The van der Waals surface area contributed by atoms with Crippen LogP contribution < -0.4 is 10.6 Å². The van der Waals surface area contributed by atoms with E-state index >= 15 is 0 Å². The zero-order valence-electron chi connectivity index (χ0n) is 16.1. The number of piperidine rings is 1. The van der Waals surface area contributed by atoms with Gasteiger partial charge in [0.15, 0.2) is 5.96 Å². The summed E-state index contributed by atoms with van der Waals surface area (Å²) in [6.07, 6.45) is 4.01. The standard InChI is InChI=1S/C18H35N5O2/c1-4-17(24)23-10-7-16(14-23)21-18(19-2)20-13-15-5-8-22(9-6-15)11-12-25-3/h15-16H,4-14H2,1-3H3,(H2,19,20,21). The fourth-order valence-corrected chi connectivity index (χ4v) is 3.59. The number of likely N-dealkylation sites (tertiary alicyclic amines) is 2. The second-order valence-corrected chi connectivity index (χ2v) is 7.05. The Morgan fingerprint density at radius 3 is 2.64 bits per heavy atom. The van der Waals surface area contributed by atoms with Gasteiger partial charge in [-0.05, 0) is 38.3 Å². The molecule has 2 aliphatic rings. The molecule has 1 unspecified atom stereocenters. The number of nitrogens with zero attached hydrogens (tertiary/aromatic N) is 3. The number of ether oxygens (including phenoxy) is 1. The Kier molecular flexibility index (Phi) is 8.48. The van der Waals surface area contributed by atoms with Crippen molar-refractivity contribution in [2.45, 2.75) is 38.6 Å². The summed E-state index contributed by atoms with van der Waals surface area (Å²) in [6, 6.07) is 0.303. The Morgan fingerprint density at radius 1 is 1.24 bits per heavy atom. The summed E-state index contributed by atoms with van der Waals surface area (Å²) in [4.78, 5) is 20.5. The van der Waals surface area contributed by atoms with Crippen molar-refractivity contribution in [3.05, 3.63) is 0 Å². The molecule has 0 aromatic rings. The second-order valence-electron chi connectivity index (χ2n) is 7.05. The normalized spacial score (nSPS) is 23.1. The summed E-state index contributed by atoms with van der Waals surface area (Å²) < 4.78 is 5.16. The molecule has 2 aliphatic heterocycles. The van der Waals surface area contributed by atoms with Gasteiger partial charge in [0, 0.05) is 52.8 Å². The molecule has 0 saturated carbocycles. The lowest BCUT2D eigenvalue weighted by Crippen LogP contribution is -2.47. The van der Waals surface area contributed by atoms with Crippen LogP contribution in [0.3, 0.4) is 0 Å². The molecule has 2 heterocycles. The van der Waals surface area contributed by atoms with Crippen LogP contribution in [-0.4, -0.2) is 87.7 Å². The molecule has 2 N–H and O–H groups in total. The first-order chi connectivity index (χ1) is 12.2. The summed E-state index contributed by atoms with van der Waals surface area (Å²) >= 11 is 0. The molecule has 0 aromatic heterocycles. The minimum absolute atomic E-state index is 0.243. The second kappa shape index (κ2) is 10.6. The van der Waals surface area contributed by atoms with E-state index in [-0.39, 0.29) is 5.91 Å². The topological polar surface area (TPSA) is 69.2 Å². The molecule has 0 aromatic carbocycles. The zero-order chi connectivity index (χ0) is 18.1. The largest absolute Gasteiger partial charge is 0.383 e. The first-order valence-electron chi connectivity index (χ1n) is 9.62. The van der Waals surface area contributed by atoms with Gasteiger partial charge in [0.25, 0.3) is 0 Å². The van der Waals surface area contributed by atoms with Crippen LogP contribution in [0.15, 0.2) is 4.99 Å². The molecule has 2 rings (SSSR count). The fraction of sp³-hybridized carbons (Fsp3) is 0.889. The van der Waals surface area contributed by atoms with Gasteiger partial charge in [0.1, 0.15) is 0 Å². The minimum atomic E-state index is 0.243. The van der Waals surface area contributed by atoms with Gasteiger partial charge in [-0.25, -0.2) is 0 Å². The van der Waals surface area contributed by atoms with E-state index < -0.39 is 0 Å². The summed E-state index contributed by atoms with van der Waals surface area (Å²) in [6.45, 7) is 8.67. The van der Waals surface area contributed by atoms with Crippen molar-refractivity contribution in [3.8, 4) is 0 Å². The average molecular weight is 354 g/mol. The van der Waals surface area contributed by atoms with Crippen molar-refractivity contribution in [1.29, 1.82) is 0 Å². The molecule has 2 saturated heterocycles. The highest BCUT2D eigenvalue weighted by molar-refractivity contribution is 5.80. The third-order valence-corrected chi connectivity index (χ3v) is 5.28. The Labute approximate surface area is 152 Å². The molecule has 7 heteroatoms. The number of hydrogen-bond donors (Lipinski definition) is 2. The Hall–Kier alpha value is -1.34. The molecule has 1 atom stereocenters. The van der Waals surface area contributed by atoms with Crippen molar-refractivity contribution in [3.63, 3.8) is 0 Å². The van der Waals surface area contributed by atoms with Crippen LogP contribution in [0.1, 0.15) is 32.6 Å². The number of hydrogen-bond acceptors (Lipinski definition) is 4. The van der Waals surface area contributed by atoms with Crippen LogP contribution in [-0.2, 0) is 9.53 Å². The molecule has 0 radical (unpaired) electrons. The van der Waals surface area contributed by atoms with E-state index in [1.54, 1.807) is 7.11 Å². The molecule has 1 amide bonds. The van der Waals surface area contributed by atoms with Crippen LogP contribution in [0.25, 0.3) is 0 Å². The SMILES string of the molecule is CCC(=O)N1CCC(NC(=NC)NCC2CCN(CCOC)CC2)C1. The first-order valence-corrected chi connectivity index (χ1v) is 9.62. The number of methoxy groups -OCH3 is 1. The van der Waals surface area contributed by atoms with Gasteiger partial charge in [-0.1, -0.05) is 6.92 Å². The van der Waals surface area contributed by atoms with Crippen molar-refractivity contribution in [2.24, 2.45) is 10.9 Å². The number of carbonyl (C=O) groups excluding carboxylic acids is 1. The summed E-state index contributed by atoms with van der Waals surface area (Å²) in [5.41, 5.74) is 0. The van der Waals surface area contributed by atoms with Crippen LogP contribution in [0.4, 0.5) is 0 Å². The number of guanidine groups is 1. The van der Waals surface area contributed by atoms with Gasteiger partial charge < -0.3 is 25.2 Å². The third-order valence-electron chi connectivity index (χ3n) is 5.28. The molecule has 0 aliphatic carbocycles. The van der Waals surface area contributed by atoms with E-state index in [1.165, 1.54) is 12.8 Å². The quantitative estimate of drug-likeness (QED) is 0.516. The maximum atomic E-state index is 11.8. The molecule has 0 bridgehead atoms. The monoisotopic (exact) mass is 353 g/mol. The Balaban J connectivity index is 1.65. The summed E-state index contributed by atoms with van der Waals surface area (Å²) in [7, 11) is 3.57. The smallest absolute Gasteiger partial charge is 0.222 e. The molecular formula is C18H35N5O2. The lowest BCUT2D eigenvalue weighted by molar-refractivity contribution is -0.129. The van der Waals surface area contributed by atoms with E-state index in [0.29, 0.717) is 18.4 Å². The fourth-order valence-electron chi connectivity index (χ4n) is 3.59. The van der Waals surface area contributed by atoms with E-state index in [0.717, 1.165) is 58.3 Å². The summed E-state index contributed by atoms with van der Waals surface area (Å²) in [5.74, 6) is 1.80. The molecule has 2 fully saturated rings. The van der Waals surface area contributed by atoms with Crippen molar-refractivity contribution >= 4 is 11.9 Å². The number of carbonyl (C=O) groups is 1. The van der Waals surface area contributed by atoms with Gasteiger partial charge in [0.2, 0.25) is 5.91 Å². The average Bonchev–Trinajstić information content (AvgIpc) is 3.12. The van der Waals surface area contributed by atoms with Crippen molar-refractivity contribution < 1.29 is 9.53 Å². The highest BCUT2D eigenvalue weighted by Crippen LogP contribution is 2.16. The van der Waals surface area contributed by atoms with E-state index in [4.69, 9.17) is 4.74 Å². The van der Waals surface area contributed by atoms with E-state index in [1.807, 2.05) is 18.9 Å². The van der Waals surface area contributed by atoms with Crippen molar-refractivity contribution in [2.75, 3.05) is 60.0 Å². The molecular weight excluding hydrogens is 318 g/mol. The Morgan fingerprint density at radius 2 is 2.00 bits per heavy atom. The highest BCUT2D eigenvalue weighted by Gasteiger charge is 2.26. The van der Waals surface area contributed by atoms with Crippen LogP contribution in [0.5, 0.6) is 0 Å². The molecule has 7 nitrogen and oxygen atoms in total. The summed E-state index contributed by atoms with van der Waals surface area (Å²) in [5, 5.41) is 6.94. The molecule has 144 valence electrons. The Bertz CT molecular complexity index is 435.